The van der Waals surface area contributed by atoms with Crippen molar-refractivity contribution in [3.05, 3.63) is 83.2 Å². The van der Waals surface area contributed by atoms with Crippen LogP contribution in [0.2, 0.25) is 0 Å². The van der Waals surface area contributed by atoms with Crippen molar-refractivity contribution in [3.63, 3.8) is 0 Å². The predicted octanol–water partition coefficient (Wildman–Crippen LogP) is 5.29. The number of halogens is 1. The molecule has 132 valence electrons. The Hall–Kier alpha value is -3.01. The summed E-state index contributed by atoms with van der Waals surface area (Å²) in [4.78, 5) is 0. The highest BCUT2D eigenvalue weighted by atomic mass is 19.1. The third-order valence-corrected chi connectivity index (χ3v) is 4.77. The van der Waals surface area contributed by atoms with Gasteiger partial charge in [0.15, 0.2) is 11.6 Å². The summed E-state index contributed by atoms with van der Waals surface area (Å²) in [5.41, 5.74) is 6.87. The number of nitrogens with one attached hydrogen (secondary N) is 2. The van der Waals surface area contributed by atoms with Gasteiger partial charge in [-0.15, -0.1) is 0 Å². The average molecular weight is 348 g/mol. The normalized spacial score (nSPS) is 12.4. The minimum absolute atomic E-state index is 0.268. The van der Waals surface area contributed by atoms with Crippen molar-refractivity contribution >= 4 is 17.1 Å². The SMILES string of the molecule is COc1ccc(CNc2ccc3c(c2)CCc2ccccc2N3)cc1F. The van der Waals surface area contributed by atoms with Gasteiger partial charge in [-0.25, -0.2) is 4.39 Å². The van der Waals surface area contributed by atoms with E-state index >= 15 is 0 Å². The van der Waals surface area contributed by atoms with E-state index < -0.39 is 0 Å². The monoisotopic (exact) mass is 348 g/mol. The van der Waals surface area contributed by atoms with Crippen molar-refractivity contribution in [1.82, 2.24) is 0 Å². The van der Waals surface area contributed by atoms with Crippen molar-refractivity contribution in [3.8, 4) is 5.75 Å². The molecule has 0 aliphatic carbocycles. The number of para-hydroxylation sites is 1. The van der Waals surface area contributed by atoms with Crippen molar-refractivity contribution < 1.29 is 9.13 Å². The minimum Gasteiger partial charge on any atom is -0.494 e. The Kier molecular flexibility index (Phi) is 4.48. The summed E-state index contributed by atoms with van der Waals surface area (Å²) in [5.74, 6) is -0.0693. The first kappa shape index (κ1) is 16.5. The Morgan fingerprint density at radius 2 is 1.77 bits per heavy atom. The highest BCUT2D eigenvalue weighted by Gasteiger charge is 2.12. The molecule has 0 saturated heterocycles. The number of anilines is 3. The van der Waals surface area contributed by atoms with Crippen LogP contribution in [0.15, 0.2) is 60.7 Å². The van der Waals surface area contributed by atoms with Crippen LogP contribution in [-0.2, 0) is 19.4 Å². The van der Waals surface area contributed by atoms with Gasteiger partial charge in [-0.1, -0.05) is 24.3 Å². The summed E-state index contributed by atoms with van der Waals surface area (Å²) in [6, 6.07) is 19.8. The Labute approximate surface area is 152 Å². The number of ether oxygens (including phenoxy) is 1. The van der Waals surface area contributed by atoms with Gasteiger partial charge in [0.1, 0.15) is 0 Å². The fourth-order valence-electron chi connectivity index (χ4n) is 3.33. The molecule has 0 spiro atoms. The largest absolute Gasteiger partial charge is 0.494 e. The number of aryl methyl sites for hydroxylation is 2. The van der Waals surface area contributed by atoms with Crippen molar-refractivity contribution in [2.45, 2.75) is 19.4 Å². The van der Waals surface area contributed by atoms with Crippen LogP contribution in [0.4, 0.5) is 21.5 Å². The Balaban J connectivity index is 1.49. The minimum atomic E-state index is -0.337. The molecule has 0 amide bonds. The molecule has 0 atom stereocenters. The van der Waals surface area contributed by atoms with Gasteiger partial charge < -0.3 is 15.4 Å². The van der Waals surface area contributed by atoms with Crippen molar-refractivity contribution in [2.24, 2.45) is 0 Å². The lowest BCUT2D eigenvalue weighted by Crippen LogP contribution is -2.02. The van der Waals surface area contributed by atoms with Crippen LogP contribution in [0, 0.1) is 5.82 Å². The van der Waals surface area contributed by atoms with E-state index in [0.29, 0.717) is 6.54 Å². The molecule has 3 aromatic rings. The third kappa shape index (κ3) is 3.36. The van der Waals surface area contributed by atoms with Crippen LogP contribution >= 0.6 is 0 Å². The van der Waals surface area contributed by atoms with Gasteiger partial charge in [0.05, 0.1) is 7.11 Å². The molecular weight excluding hydrogens is 327 g/mol. The molecule has 1 aliphatic rings. The summed E-state index contributed by atoms with van der Waals surface area (Å²) in [7, 11) is 1.47. The van der Waals surface area contributed by atoms with Gasteiger partial charge in [-0.2, -0.15) is 0 Å². The number of rotatable bonds is 4. The summed E-state index contributed by atoms with van der Waals surface area (Å²) in [5, 5.41) is 6.91. The van der Waals surface area contributed by atoms with E-state index in [1.165, 1.54) is 30.0 Å². The van der Waals surface area contributed by atoms with Gasteiger partial charge in [0, 0.05) is 23.6 Å². The van der Waals surface area contributed by atoms with E-state index in [0.717, 1.165) is 29.8 Å². The van der Waals surface area contributed by atoms with E-state index in [1.807, 2.05) is 6.07 Å². The average Bonchev–Trinajstić information content (AvgIpc) is 2.85. The smallest absolute Gasteiger partial charge is 0.165 e. The molecule has 0 unspecified atom stereocenters. The molecule has 26 heavy (non-hydrogen) atoms. The molecule has 2 N–H and O–H groups in total. The molecular formula is C22H21FN2O. The topological polar surface area (TPSA) is 33.3 Å². The van der Waals surface area contributed by atoms with Gasteiger partial charge in [0.2, 0.25) is 0 Å². The summed E-state index contributed by atoms with van der Waals surface area (Å²) < 4.78 is 18.8. The summed E-state index contributed by atoms with van der Waals surface area (Å²) in [6.07, 6.45) is 2.01. The first-order valence-electron chi connectivity index (χ1n) is 8.77. The van der Waals surface area contributed by atoms with E-state index in [2.05, 4.69) is 53.1 Å². The summed E-state index contributed by atoms with van der Waals surface area (Å²) in [6.45, 7) is 0.563. The molecule has 1 heterocycles. The highest BCUT2D eigenvalue weighted by molar-refractivity contribution is 5.70. The first-order chi connectivity index (χ1) is 12.7. The fourth-order valence-corrected chi connectivity index (χ4v) is 3.33. The molecule has 0 fully saturated rings. The molecule has 0 saturated carbocycles. The highest BCUT2D eigenvalue weighted by Crippen LogP contribution is 2.31. The second-order valence-electron chi connectivity index (χ2n) is 6.48. The molecule has 4 heteroatoms. The molecule has 4 rings (SSSR count). The first-order valence-corrected chi connectivity index (χ1v) is 8.77. The Morgan fingerprint density at radius 3 is 2.62 bits per heavy atom. The second kappa shape index (κ2) is 7.08. The molecule has 1 aliphatic heterocycles. The Bertz CT molecular complexity index is 939. The maximum atomic E-state index is 13.8. The van der Waals surface area contributed by atoms with Gasteiger partial charge >= 0.3 is 0 Å². The zero-order chi connectivity index (χ0) is 17.9. The molecule has 3 nitrogen and oxygen atoms in total. The van der Waals surface area contributed by atoms with Gasteiger partial charge in [-0.05, 0) is 65.9 Å². The van der Waals surface area contributed by atoms with Crippen molar-refractivity contribution in [2.75, 3.05) is 17.7 Å². The number of benzene rings is 3. The number of fused-ring (bicyclic) bond motifs is 2. The lowest BCUT2D eigenvalue weighted by atomic mass is 10.0. The quantitative estimate of drug-likeness (QED) is 0.672. The zero-order valence-electron chi connectivity index (χ0n) is 14.7. The Morgan fingerprint density at radius 1 is 0.962 bits per heavy atom. The number of methoxy groups -OCH3 is 1. The van der Waals surface area contributed by atoms with E-state index in [9.17, 15) is 4.39 Å². The van der Waals surface area contributed by atoms with Gasteiger partial charge in [0.25, 0.3) is 0 Å². The third-order valence-electron chi connectivity index (χ3n) is 4.77. The predicted molar refractivity (Wildman–Crippen MR) is 104 cm³/mol. The van der Waals surface area contributed by atoms with Crippen LogP contribution in [0.5, 0.6) is 5.75 Å². The van der Waals surface area contributed by atoms with Crippen LogP contribution in [0.3, 0.4) is 0 Å². The van der Waals surface area contributed by atoms with Crippen LogP contribution in [-0.4, -0.2) is 7.11 Å². The molecule has 0 aromatic heterocycles. The maximum Gasteiger partial charge on any atom is 0.165 e. The van der Waals surface area contributed by atoms with Crippen LogP contribution in [0.25, 0.3) is 0 Å². The number of hydrogen-bond donors (Lipinski definition) is 2. The molecule has 0 bridgehead atoms. The van der Waals surface area contributed by atoms with Crippen molar-refractivity contribution in [1.29, 1.82) is 0 Å². The standard InChI is InChI=1S/C22H21FN2O/c1-26-22-11-6-15(12-19(22)23)14-24-18-9-10-21-17(13-18)8-7-16-4-2-3-5-20(16)25-21/h2-6,9-13,24-25H,7-8,14H2,1H3. The maximum absolute atomic E-state index is 13.8. The summed E-state index contributed by atoms with van der Waals surface area (Å²) >= 11 is 0. The lowest BCUT2D eigenvalue weighted by Gasteiger charge is -2.13. The van der Waals surface area contributed by atoms with Crippen LogP contribution < -0.4 is 15.4 Å². The number of hydrogen-bond acceptors (Lipinski definition) is 3. The van der Waals surface area contributed by atoms with Crippen LogP contribution in [0.1, 0.15) is 16.7 Å². The van der Waals surface area contributed by atoms with E-state index in [4.69, 9.17) is 4.74 Å². The van der Waals surface area contributed by atoms with E-state index in [-0.39, 0.29) is 11.6 Å². The fraction of sp³-hybridized carbons (Fsp3) is 0.182. The lowest BCUT2D eigenvalue weighted by molar-refractivity contribution is 0.386. The van der Waals surface area contributed by atoms with E-state index in [1.54, 1.807) is 6.07 Å². The molecule has 0 radical (unpaired) electrons. The molecule has 3 aromatic carbocycles. The second-order valence-corrected chi connectivity index (χ2v) is 6.48. The zero-order valence-corrected chi connectivity index (χ0v) is 14.7. The van der Waals surface area contributed by atoms with Gasteiger partial charge in [-0.3, -0.25) is 0 Å².